The van der Waals surface area contributed by atoms with Gasteiger partial charge in [0, 0.05) is 6.04 Å². The molecule has 2 unspecified atom stereocenters. The lowest BCUT2D eigenvalue weighted by atomic mass is 9.85. The summed E-state index contributed by atoms with van der Waals surface area (Å²) in [6.07, 6.45) is 11.5. The van der Waals surface area contributed by atoms with E-state index < -0.39 is 0 Å². The van der Waals surface area contributed by atoms with Gasteiger partial charge in [0.25, 0.3) is 0 Å². The average Bonchev–Trinajstić information content (AvgIpc) is 2.52. The molecule has 96 valence electrons. The Hall–Kier alpha value is -0.0400. The molecule has 0 aromatic carbocycles. The molecule has 0 saturated heterocycles. The van der Waals surface area contributed by atoms with Crippen molar-refractivity contribution in [3.05, 3.63) is 0 Å². The fourth-order valence-electron chi connectivity index (χ4n) is 3.24. The van der Waals surface area contributed by atoms with Crippen molar-refractivity contribution in [3.8, 4) is 0 Å². The molecule has 1 aliphatic rings. The fraction of sp³-hybridized carbons (Fsp3) is 1.00. The van der Waals surface area contributed by atoms with Crippen molar-refractivity contribution in [1.29, 1.82) is 0 Å². The Morgan fingerprint density at radius 2 is 1.75 bits per heavy atom. The lowest BCUT2D eigenvalue weighted by molar-refractivity contribution is 0.303. The highest BCUT2D eigenvalue weighted by Crippen LogP contribution is 2.30. The third kappa shape index (κ3) is 4.86. The molecule has 16 heavy (non-hydrogen) atoms. The molecule has 1 N–H and O–H groups in total. The van der Waals surface area contributed by atoms with Crippen LogP contribution in [0.2, 0.25) is 0 Å². The molecule has 0 amide bonds. The highest BCUT2D eigenvalue weighted by molar-refractivity contribution is 4.77. The van der Waals surface area contributed by atoms with Gasteiger partial charge in [0.15, 0.2) is 0 Å². The molecule has 1 rings (SSSR count). The number of hydrogen-bond acceptors (Lipinski definition) is 1. The van der Waals surface area contributed by atoms with Gasteiger partial charge in [-0.3, -0.25) is 0 Å². The van der Waals surface area contributed by atoms with E-state index in [0.717, 1.165) is 24.4 Å². The maximum Gasteiger partial charge on any atom is 0.00695 e. The minimum absolute atomic E-state index is 0.812. The van der Waals surface area contributed by atoms with Gasteiger partial charge in [-0.2, -0.15) is 0 Å². The number of rotatable bonds is 6. The Morgan fingerprint density at radius 1 is 1.06 bits per heavy atom. The van der Waals surface area contributed by atoms with Crippen LogP contribution in [0.3, 0.4) is 0 Å². The quantitative estimate of drug-likeness (QED) is 0.662. The molecule has 0 aliphatic heterocycles. The van der Waals surface area contributed by atoms with Crippen LogP contribution in [-0.4, -0.2) is 12.6 Å². The summed E-state index contributed by atoms with van der Waals surface area (Å²) < 4.78 is 0. The van der Waals surface area contributed by atoms with Crippen LogP contribution in [0.25, 0.3) is 0 Å². The highest BCUT2D eigenvalue weighted by Gasteiger charge is 2.21. The van der Waals surface area contributed by atoms with Gasteiger partial charge >= 0.3 is 0 Å². The van der Waals surface area contributed by atoms with Crippen LogP contribution >= 0.6 is 0 Å². The van der Waals surface area contributed by atoms with Crippen LogP contribution in [0.4, 0.5) is 0 Å². The summed E-state index contributed by atoms with van der Waals surface area (Å²) in [4.78, 5) is 0. The second-order valence-electron chi connectivity index (χ2n) is 5.56. The molecule has 0 bridgehead atoms. The van der Waals surface area contributed by atoms with E-state index in [9.17, 15) is 0 Å². The molecular weight excluding hydrogens is 194 g/mol. The minimum Gasteiger partial charge on any atom is -0.314 e. The molecule has 0 heterocycles. The number of hydrogen-bond donors (Lipinski definition) is 1. The standard InChI is InChI=1S/C15H31N/c1-4-13(5-2)11-14-9-7-8-10-15(12-14)16-6-3/h13-16H,4-12H2,1-3H3. The van der Waals surface area contributed by atoms with Gasteiger partial charge in [-0.05, 0) is 37.6 Å². The van der Waals surface area contributed by atoms with E-state index in [1.165, 1.54) is 51.4 Å². The monoisotopic (exact) mass is 225 g/mol. The SMILES string of the molecule is CCNC1CCCCC(CC(CC)CC)C1. The summed E-state index contributed by atoms with van der Waals surface area (Å²) in [5, 5.41) is 3.66. The normalized spacial score (nSPS) is 27.0. The van der Waals surface area contributed by atoms with Crippen LogP contribution in [0.15, 0.2) is 0 Å². The smallest absolute Gasteiger partial charge is 0.00695 e. The van der Waals surface area contributed by atoms with Crippen LogP contribution in [0.1, 0.15) is 72.1 Å². The van der Waals surface area contributed by atoms with Crippen LogP contribution in [-0.2, 0) is 0 Å². The molecule has 1 aliphatic carbocycles. The second kappa shape index (κ2) is 8.11. The average molecular weight is 225 g/mol. The molecular formula is C15H31N. The zero-order chi connectivity index (χ0) is 11.8. The third-order valence-corrected chi connectivity index (χ3v) is 4.35. The number of nitrogens with one attached hydrogen (secondary N) is 1. The first kappa shape index (κ1) is 14.0. The predicted octanol–water partition coefficient (Wildman–Crippen LogP) is 4.37. The largest absolute Gasteiger partial charge is 0.314 e. The first-order valence-corrected chi connectivity index (χ1v) is 7.53. The van der Waals surface area contributed by atoms with Crippen molar-refractivity contribution >= 4 is 0 Å². The van der Waals surface area contributed by atoms with E-state index >= 15 is 0 Å². The van der Waals surface area contributed by atoms with Gasteiger partial charge < -0.3 is 5.32 Å². The van der Waals surface area contributed by atoms with Crippen LogP contribution in [0, 0.1) is 11.8 Å². The predicted molar refractivity (Wildman–Crippen MR) is 72.7 cm³/mol. The molecule has 1 saturated carbocycles. The molecule has 1 heteroatoms. The zero-order valence-corrected chi connectivity index (χ0v) is 11.6. The van der Waals surface area contributed by atoms with Crippen molar-refractivity contribution in [2.45, 2.75) is 78.2 Å². The zero-order valence-electron chi connectivity index (χ0n) is 11.6. The van der Waals surface area contributed by atoms with Crippen molar-refractivity contribution < 1.29 is 0 Å². The van der Waals surface area contributed by atoms with E-state index in [1.807, 2.05) is 0 Å². The molecule has 1 nitrogen and oxygen atoms in total. The van der Waals surface area contributed by atoms with Gasteiger partial charge in [0.2, 0.25) is 0 Å². The van der Waals surface area contributed by atoms with Gasteiger partial charge in [-0.1, -0.05) is 52.9 Å². The van der Waals surface area contributed by atoms with Gasteiger partial charge in [0.05, 0.1) is 0 Å². The summed E-state index contributed by atoms with van der Waals surface area (Å²) in [5.74, 6) is 1.97. The maximum absolute atomic E-state index is 3.66. The first-order valence-electron chi connectivity index (χ1n) is 7.53. The van der Waals surface area contributed by atoms with Crippen molar-refractivity contribution in [2.75, 3.05) is 6.54 Å². The van der Waals surface area contributed by atoms with Crippen LogP contribution in [0.5, 0.6) is 0 Å². The summed E-state index contributed by atoms with van der Waals surface area (Å²) in [5.41, 5.74) is 0. The summed E-state index contributed by atoms with van der Waals surface area (Å²) in [6.45, 7) is 8.09. The summed E-state index contributed by atoms with van der Waals surface area (Å²) in [7, 11) is 0. The molecule has 0 aromatic rings. The lowest BCUT2D eigenvalue weighted by Gasteiger charge is -2.24. The van der Waals surface area contributed by atoms with Gasteiger partial charge in [0.1, 0.15) is 0 Å². The fourth-order valence-corrected chi connectivity index (χ4v) is 3.24. The van der Waals surface area contributed by atoms with E-state index in [1.54, 1.807) is 0 Å². The summed E-state index contributed by atoms with van der Waals surface area (Å²) >= 11 is 0. The van der Waals surface area contributed by atoms with Crippen molar-refractivity contribution in [3.63, 3.8) is 0 Å². The van der Waals surface area contributed by atoms with E-state index in [-0.39, 0.29) is 0 Å². The third-order valence-electron chi connectivity index (χ3n) is 4.35. The first-order chi connectivity index (χ1) is 7.80. The van der Waals surface area contributed by atoms with Crippen molar-refractivity contribution in [2.24, 2.45) is 11.8 Å². The molecule has 0 radical (unpaired) electrons. The lowest BCUT2D eigenvalue weighted by Crippen LogP contribution is -2.30. The highest BCUT2D eigenvalue weighted by atomic mass is 14.9. The molecule has 1 fully saturated rings. The van der Waals surface area contributed by atoms with Gasteiger partial charge in [-0.25, -0.2) is 0 Å². The van der Waals surface area contributed by atoms with E-state index in [0.29, 0.717) is 0 Å². The summed E-state index contributed by atoms with van der Waals surface area (Å²) in [6, 6.07) is 0.812. The second-order valence-corrected chi connectivity index (χ2v) is 5.56. The molecule has 0 spiro atoms. The van der Waals surface area contributed by atoms with E-state index in [2.05, 4.69) is 26.1 Å². The Labute approximate surface area is 102 Å². The van der Waals surface area contributed by atoms with E-state index in [4.69, 9.17) is 0 Å². The molecule has 2 atom stereocenters. The van der Waals surface area contributed by atoms with Gasteiger partial charge in [-0.15, -0.1) is 0 Å². The van der Waals surface area contributed by atoms with Crippen LogP contribution < -0.4 is 5.32 Å². The topological polar surface area (TPSA) is 12.0 Å². The Balaban J connectivity index is 2.38. The maximum atomic E-state index is 3.66. The minimum atomic E-state index is 0.812. The Bertz CT molecular complexity index is 163. The Morgan fingerprint density at radius 3 is 2.38 bits per heavy atom. The van der Waals surface area contributed by atoms with Crippen molar-refractivity contribution in [1.82, 2.24) is 5.32 Å². The Kier molecular flexibility index (Phi) is 7.11. The molecule has 0 aromatic heterocycles.